The van der Waals surface area contributed by atoms with Gasteiger partial charge >= 0.3 is 11.9 Å². The first kappa shape index (κ1) is 22.7. The van der Waals surface area contributed by atoms with E-state index in [1.165, 1.54) is 7.11 Å². The van der Waals surface area contributed by atoms with E-state index in [4.69, 9.17) is 4.74 Å². The zero-order valence-corrected chi connectivity index (χ0v) is 14.9. The molecule has 0 aliphatic heterocycles. The average molecular weight is 313 g/mol. The van der Waals surface area contributed by atoms with Gasteiger partial charge in [-0.05, 0) is 34.4 Å². The molecule has 0 aromatic rings. The molecule has 0 saturated heterocycles. The molecule has 0 unspecified atom stereocenters. The molecule has 0 N–H and O–H groups in total. The molecule has 0 spiro atoms. The number of methoxy groups -OCH3 is 1. The fourth-order valence-electron chi connectivity index (χ4n) is 1.21. The Hall–Kier alpha value is -1.62. The van der Waals surface area contributed by atoms with Crippen LogP contribution >= 0.6 is 0 Å². The lowest BCUT2D eigenvalue weighted by atomic mass is 10.2. The van der Waals surface area contributed by atoms with Crippen molar-refractivity contribution in [2.75, 3.05) is 34.4 Å². The molecular formula is C17H31NO4. The minimum atomic E-state index is -0.313. The summed E-state index contributed by atoms with van der Waals surface area (Å²) in [5.41, 5.74) is 1.16. The molecule has 0 atom stereocenters. The first-order valence-corrected chi connectivity index (χ1v) is 7.48. The van der Waals surface area contributed by atoms with E-state index in [9.17, 15) is 9.59 Å². The van der Waals surface area contributed by atoms with Crippen molar-refractivity contribution in [1.82, 2.24) is 4.90 Å². The number of unbranched alkanes of at least 4 members (excludes halogenated alkanes) is 2. The van der Waals surface area contributed by atoms with Crippen LogP contribution < -0.4 is 0 Å². The maximum absolute atomic E-state index is 10.8. The Bertz CT molecular complexity index is 373. The molecule has 0 amide bonds. The lowest BCUT2D eigenvalue weighted by Crippen LogP contribution is -2.20. The van der Waals surface area contributed by atoms with Crippen LogP contribution in [0.2, 0.25) is 0 Å². The largest absolute Gasteiger partial charge is 0.466 e. The zero-order valence-electron chi connectivity index (χ0n) is 14.9. The predicted octanol–water partition coefficient (Wildman–Crippen LogP) is 2.96. The fourth-order valence-corrected chi connectivity index (χ4v) is 1.21. The van der Waals surface area contributed by atoms with E-state index in [1.54, 1.807) is 13.8 Å². The molecule has 0 bridgehead atoms. The summed E-state index contributed by atoms with van der Waals surface area (Å²) in [7, 11) is 5.25. The molecule has 0 rings (SSSR count). The number of rotatable bonds is 8. The topological polar surface area (TPSA) is 55.8 Å². The van der Waals surface area contributed by atoms with Gasteiger partial charge in [0.25, 0.3) is 0 Å². The molecule has 5 nitrogen and oxygen atoms in total. The van der Waals surface area contributed by atoms with Crippen LogP contribution in [0.5, 0.6) is 0 Å². The van der Waals surface area contributed by atoms with Gasteiger partial charge in [-0.25, -0.2) is 9.59 Å². The van der Waals surface area contributed by atoms with E-state index in [2.05, 4.69) is 18.2 Å². The van der Waals surface area contributed by atoms with E-state index < -0.39 is 0 Å². The predicted molar refractivity (Wildman–Crippen MR) is 89.6 cm³/mol. The molecule has 0 aliphatic rings. The molecule has 5 heteroatoms. The molecule has 0 heterocycles. The lowest BCUT2D eigenvalue weighted by molar-refractivity contribution is -0.139. The third-order valence-electron chi connectivity index (χ3n) is 2.64. The van der Waals surface area contributed by atoms with E-state index in [0.29, 0.717) is 17.8 Å². The number of hydrogen-bond donors (Lipinski definition) is 0. The van der Waals surface area contributed by atoms with Crippen LogP contribution in [0.3, 0.4) is 0 Å². The molecule has 22 heavy (non-hydrogen) atoms. The SMILES string of the molecule is C=C(C)C(=O)OCCN(C)C.CCCCC=C(C)C(=O)OC. The first-order valence-electron chi connectivity index (χ1n) is 7.48. The summed E-state index contributed by atoms with van der Waals surface area (Å²) in [4.78, 5) is 23.5. The number of ether oxygens (including phenoxy) is 2. The Morgan fingerprint density at radius 3 is 2.18 bits per heavy atom. The number of nitrogens with zero attached hydrogens (tertiary/aromatic N) is 1. The summed E-state index contributed by atoms with van der Waals surface area (Å²) in [5.74, 6) is -0.534. The number of carbonyl (C=O) groups is 2. The second kappa shape index (κ2) is 14.3. The van der Waals surface area contributed by atoms with Crippen molar-refractivity contribution in [2.45, 2.75) is 40.0 Å². The van der Waals surface area contributed by atoms with Crippen molar-refractivity contribution in [1.29, 1.82) is 0 Å². The van der Waals surface area contributed by atoms with Gasteiger partial charge in [-0.1, -0.05) is 32.4 Å². The highest BCUT2D eigenvalue weighted by molar-refractivity contribution is 5.87. The van der Waals surface area contributed by atoms with Crippen LogP contribution in [0.1, 0.15) is 40.0 Å². The van der Waals surface area contributed by atoms with Gasteiger partial charge in [-0.3, -0.25) is 0 Å². The van der Waals surface area contributed by atoms with Gasteiger partial charge in [0.2, 0.25) is 0 Å². The number of carbonyl (C=O) groups excluding carboxylic acids is 2. The summed E-state index contributed by atoms with van der Waals surface area (Å²) < 4.78 is 9.37. The quantitative estimate of drug-likeness (QED) is 0.392. The highest BCUT2D eigenvalue weighted by Crippen LogP contribution is 2.01. The average Bonchev–Trinajstić information content (AvgIpc) is 2.46. The van der Waals surface area contributed by atoms with Crippen molar-refractivity contribution in [3.05, 3.63) is 23.8 Å². The van der Waals surface area contributed by atoms with Crippen LogP contribution in [0.25, 0.3) is 0 Å². The van der Waals surface area contributed by atoms with Crippen molar-refractivity contribution in [3.8, 4) is 0 Å². The smallest absolute Gasteiger partial charge is 0.333 e. The molecule has 0 radical (unpaired) electrons. The number of allylic oxidation sites excluding steroid dienone is 1. The minimum absolute atomic E-state index is 0.221. The summed E-state index contributed by atoms with van der Waals surface area (Å²) in [5, 5.41) is 0. The molecule has 0 fully saturated rings. The van der Waals surface area contributed by atoms with Crippen LogP contribution in [-0.4, -0.2) is 51.2 Å². The van der Waals surface area contributed by atoms with Gasteiger partial charge in [0.05, 0.1) is 7.11 Å². The molecule has 128 valence electrons. The van der Waals surface area contributed by atoms with Crippen LogP contribution in [-0.2, 0) is 19.1 Å². The number of likely N-dealkylation sites (N-methyl/N-ethyl adjacent to an activating group) is 1. The summed E-state index contributed by atoms with van der Waals surface area (Å²) in [6.45, 7) is 10.2. The standard InChI is InChI=1S/C9H16O2.C8H15NO2/c1-4-5-6-7-8(2)9(10)11-3;1-7(2)8(10)11-6-5-9(3)4/h7H,4-6H2,1-3H3;1,5-6H2,2-4H3. The van der Waals surface area contributed by atoms with Crippen molar-refractivity contribution < 1.29 is 19.1 Å². The normalized spacial score (nSPS) is 10.6. The Morgan fingerprint density at radius 2 is 1.77 bits per heavy atom. The van der Waals surface area contributed by atoms with Gasteiger partial charge in [-0.2, -0.15) is 0 Å². The molecular weight excluding hydrogens is 282 g/mol. The highest BCUT2D eigenvalue weighted by Gasteiger charge is 2.01. The Morgan fingerprint density at radius 1 is 1.18 bits per heavy atom. The summed E-state index contributed by atoms with van der Waals surface area (Å²) in [6, 6.07) is 0. The summed E-state index contributed by atoms with van der Waals surface area (Å²) in [6.07, 6.45) is 5.19. The van der Waals surface area contributed by atoms with Crippen LogP contribution in [0.4, 0.5) is 0 Å². The highest BCUT2D eigenvalue weighted by atomic mass is 16.5. The van der Waals surface area contributed by atoms with E-state index >= 15 is 0 Å². The maximum atomic E-state index is 10.8. The van der Waals surface area contributed by atoms with Crippen LogP contribution in [0, 0.1) is 0 Å². The van der Waals surface area contributed by atoms with Crippen molar-refractivity contribution in [3.63, 3.8) is 0 Å². The monoisotopic (exact) mass is 313 g/mol. The van der Waals surface area contributed by atoms with Crippen molar-refractivity contribution in [2.24, 2.45) is 0 Å². The molecule has 0 aliphatic carbocycles. The Kier molecular flexibility index (Phi) is 14.8. The fraction of sp³-hybridized carbons (Fsp3) is 0.647. The summed E-state index contributed by atoms with van der Waals surface area (Å²) >= 11 is 0. The van der Waals surface area contributed by atoms with E-state index in [0.717, 1.165) is 25.8 Å². The minimum Gasteiger partial charge on any atom is -0.466 e. The Labute approximate surface area is 135 Å². The molecule has 0 aromatic heterocycles. The first-order chi connectivity index (χ1) is 10.3. The second-order valence-electron chi connectivity index (χ2n) is 5.24. The van der Waals surface area contributed by atoms with Gasteiger partial charge in [-0.15, -0.1) is 0 Å². The maximum Gasteiger partial charge on any atom is 0.333 e. The third kappa shape index (κ3) is 14.8. The van der Waals surface area contributed by atoms with Gasteiger partial charge in [0.15, 0.2) is 0 Å². The zero-order chi connectivity index (χ0) is 17.5. The lowest BCUT2D eigenvalue weighted by Gasteiger charge is -2.09. The van der Waals surface area contributed by atoms with E-state index in [1.807, 2.05) is 25.1 Å². The van der Waals surface area contributed by atoms with Gasteiger partial charge in [0, 0.05) is 17.7 Å². The molecule has 0 saturated carbocycles. The third-order valence-corrected chi connectivity index (χ3v) is 2.64. The van der Waals surface area contributed by atoms with Gasteiger partial charge < -0.3 is 14.4 Å². The van der Waals surface area contributed by atoms with Gasteiger partial charge in [0.1, 0.15) is 6.61 Å². The Balaban J connectivity index is 0. The van der Waals surface area contributed by atoms with Crippen molar-refractivity contribution >= 4 is 11.9 Å². The van der Waals surface area contributed by atoms with E-state index in [-0.39, 0.29) is 11.9 Å². The number of esters is 2. The number of hydrogen-bond acceptors (Lipinski definition) is 5. The molecule has 0 aromatic carbocycles. The second-order valence-corrected chi connectivity index (χ2v) is 5.24. The van der Waals surface area contributed by atoms with Crippen LogP contribution in [0.15, 0.2) is 23.8 Å².